The first kappa shape index (κ1) is 36.9. The summed E-state index contributed by atoms with van der Waals surface area (Å²) in [7, 11) is -2.04. The Morgan fingerprint density at radius 3 is 0.808 bits per heavy atom. The highest BCUT2D eigenvalue weighted by Gasteiger charge is 2.36. The van der Waals surface area contributed by atoms with E-state index >= 15 is 0 Å². The molecule has 0 aliphatic rings. The molecular formula is C42H30F9P. The summed E-state index contributed by atoms with van der Waals surface area (Å²) in [6, 6.07) is 36.2. The number of hydrogen-bond donors (Lipinski definition) is 0. The maximum Gasteiger partial charge on any atom is 0.416 e. The summed E-state index contributed by atoms with van der Waals surface area (Å²) >= 11 is 0. The van der Waals surface area contributed by atoms with Crippen molar-refractivity contribution < 1.29 is 39.5 Å². The first-order valence-corrected chi connectivity index (χ1v) is 17.5. The highest BCUT2D eigenvalue weighted by Crippen LogP contribution is 2.42. The van der Waals surface area contributed by atoms with Gasteiger partial charge < -0.3 is 0 Å². The number of rotatable bonds is 9. The second kappa shape index (κ2) is 15.0. The van der Waals surface area contributed by atoms with Crippen LogP contribution in [0.2, 0.25) is 0 Å². The smallest absolute Gasteiger partial charge is 0.166 e. The normalized spacial score (nSPS) is 12.3. The van der Waals surface area contributed by atoms with E-state index in [0.29, 0.717) is 32.6 Å². The van der Waals surface area contributed by atoms with Gasteiger partial charge in [-0.2, -0.15) is 39.5 Å². The van der Waals surface area contributed by atoms with Gasteiger partial charge in [-0.05, 0) is 113 Å². The zero-order chi connectivity index (χ0) is 37.1. The molecule has 0 nitrogen and oxygen atoms in total. The summed E-state index contributed by atoms with van der Waals surface area (Å²) in [5.74, 6) is 0. The molecule has 0 spiro atoms. The van der Waals surface area contributed by atoms with Gasteiger partial charge in [-0.3, -0.25) is 0 Å². The van der Waals surface area contributed by atoms with Crippen molar-refractivity contribution in [1.29, 1.82) is 0 Å². The molecular weight excluding hydrogens is 706 g/mol. The molecule has 0 N–H and O–H groups in total. The van der Waals surface area contributed by atoms with E-state index < -0.39 is 43.1 Å². The van der Waals surface area contributed by atoms with Crippen LogP contribution in [0, 0.1) is 0 Å². The van der Waals surface area contributed by atoms with Gasteiger partial charge in [0.15, 0.2) is 0 Å². The zero-order valence-electron chi connectivity index (χ0n) is 27.3. The summed E-state index contributed by atoms with van der Waals surface area (Å²) in [5, 5.41) is 1.19. The SMILES string of the molecule is FC(F)(F)c1ccc(P(c2ccc(C(F)(F)F)cc2Cc2ccccc2)c2ccc(C(F)(F)F)cc2Cc2ccccc2)c(Cc2ccccc2)c1. The largest absolute Gasteiger partial charge is 0.416 e. The molecule has 0 bridgehead atoms. The molecule has 52 heavy (non-hydrogen) atoms. The molecule has 0 saturated carbocycles. The van der Waals surface area contributed by atoms with Crippen LogP contribution in [0.4, 0.5) is 39.5 Å². The lowest BCUT2D eigenvalue weighted by Gasteiger charge is -2.28. The van der Waals surface area contributed by atoms with Crippen molar-refractivity contribution in [3.05, 3.63) is 196 Å². The van der Waals surface area contributed by atoms with E-state index in [0.717, 1.165) is 36.4 Å². The Kier molecular flexibility index (Phi) is 10.6. The van der Waals surface area contributed by atoms with E-state index in [4.69, 9.17) is 0 Å². The zero-order valence-corrected chi connectivity index (χ0v) is 28.2. The second-order valence-corrected chi connectivity index (χ2v) is 14.5. The summed E-state index contributed by atoms with van der Waals surface area (Å²) in [6.45, 7) is 0. The molecule has 0 amide bonds. The molecule has 0 atom stereocenters. The third-order valence-corrected chi connectivity index (χ3v) is 11.4. The van der Waals surface area contributed by atoms with E-state index in [1.54, 1.807) is 91.0 Å². The lowest BCUT2D eigenvalue weighted by Crippen LogP contribution is -2.29. The van der Waals surface area contributed by atoms with Crippen LogP contribution >= 0.6 is 7.92 Å². The van der Waals surface area contributed by atoms with Crippen LogP contribution in [-0.4, -0.2) is 0 Å². The van der Waals surface area contributed by atoms with Crippen LogP contribution < -0.4 is 15.9 Å². The average Bonchev–Trinajstić information content (AvgIpc) is 3.10. The third-order valence-electron chi connectivity index (χ3n) is 8.66. The van der Waals surface area contributed by atoms with Gasteiger partial charge in [0.25, 0.3) is 0 Å². The minimum atomic E-state index is -4.70. The molecule has 6 aromatic carbocycles. The van der Waals surface area contributed by atoms with Gasteiger partial charge in [-0.15, -0.1) is 0 Å². The summed E-state index contributed by atoms with van der Waals surface area (Å²) in [5.41, 5.74) is 0.128. The fraction of sp³-hybridized carbons (Fsp3) is 0.143. The average molecular weight is 737 g/mol. The fourth-order valence-corrected chi connectivity index (χ4v) is 8.94. The lowest BCUT2D eigenvalue weighted by molar-refractivity contribution is -0.138. The molecule has 266 valence electrons. The van der Waals surface area contributed by atoms with Crippen LogP contribution in [0.3, 0.4) is 0 Å². The number of hydrogen-bond acceptors (Lipinski definition) is 0. The quantitative estimate of drug-likeness (QED) is 0.102. The van der Waals surface area contributed by atoms with Crippen molar-refractivity contribution >= 4 is 23.8 Å². The molecule has 0 radical (unpaired) electrons. The Bertz CT molecular complexity index is 1880. The Labute approximate surface area is 296 Å². The summed E-state index contributed by atoms with van der Waals surface area (Å²) < 4.78 is 128. The second-order valence-electron chi connectivity index (χ2n) is 12.3. The summed E-state index contributed by atoms with van der Waals surface area (Å²) in [4.78, 5) is 0. The standard InChI is InChI=1S/C42H30F9P/c43-40(44,45)34-16-19-37(31(25-34)22-28-10-4-1-5-11-28)52(38-20-17-35(41(46,47)48)26-32(38)23-29-12-6-2-7-13-29)39-21-18-36(42(49,50)51)27-33(39)24-30-14-8-3-9-15-30/h1-21,25-27H,22-24H2. The third kappa shape index (κ3) is 8.76. The van der Waals surface area contributed by atoms with Crippen molar-refractivity contribution in [3.8, 4) is 0 Å². The molecule has 0 aliphatic heterocycles. The van der Waals surface area contributed by atoms with Gasteiger partial charge >= 0.3 is 18.5 Å². The monoisotopic (exact) mass is 736 g/mol. The molecule has 0 unspecified atom stereocenters. The fourth-order valence-electron chi connectivity index (χ4n) is 6.20. The molecule has 6 rings (SSSR count). The van der Waals surface area contributed by atoms with Gasteiger partial charge in [0.05, 0.1) is 16.7 Å². The Hall–Kier alpha value is -4.88. The Balaban J connectivity index is 1.67. The lowest BCUT2D eigenvalue weighted by atomic mass is 10.0. The van der Waals surface area contributed by atoms with Gasteiger partial charge in [-0.1, -0.05) is 109 Å². The number of alkyl halides is 9. The first-order chi connectivity index (χ1) is 24.7. The first-order valence-electron chi connectivity index (χ1n) is 16.2. The van der Waals surface area contributed by atoms with E-state index in [-0.39, 0.29) is 36.0 Å². The van der Waals surface area contributed by atoms with Gasteiger partial charge in [-0.25, -0.2) is 0 Å². The maximum absolute atomic E-state index is 14.2. The minimum Gasteiger partial charge on any atom is -0.166 e. The van der Waals surface area contributed by atoms with Crippen LogP contribution in [0.15, 0.2) is 146 Å². The molecule has 0 fully saturated rings. The van der Waals surface area contributed by atoms with Crippen molar-refractivity contribution in [2.24, 2.45) is 0 Å². The van der Waals surface area contributed by atoms with Crippen molar-refractivity contribution in [2.75, 3.05) is 0 Å². The number of halogens is 9. The molecule has 6 aromatic rings. The topological polar surface area (TPSA) is 0 Å². The van der Waals surface area contributed by atoms with E-state index in [1.165, 1.54) is 18.2 Å². The number of benzene rings is 6. The minimum absolute atomic E-state index is 0.0439. The molecule has 10 heteroatoms. The molecule has 0 aromatic heterocycles. The van der Waals surface area contributed by atoms with E-state index in [2.05, 4.69) is 0 Å². The summed E-state index contributed by atoms with van der Waals surface area (Å²) in [6.07, 6.45) is -14.0. The molecule has 0 heterocycles. The predicted molar refractivity (Wildman–Crippen MR) is 188 cm³/mol. The highest BCUT2D eigenvalue weighted by atomic mass is 31.1. The van der Waals surface area contributed by atoms with Crippen LogP contribution in [0.5, 0.6) is 0 Å². The highest BCUT2D eigenvalue weighted by molar-refractivity contribution is 7.80. The molecule has 0 aliphatic carbocycles. The Morgan fingerprint density at radius 2 is 0.577 bits per heavy atom. The van der Waals surface area contributed by atoms with Crippen LogP contribution in [-0.2, 0) is 37.8 Å². The van der Waals surface area contributed by atoms with Crippen molar-refractivity contribution in [3.63, 3.8) is 0 Å². The van der Waals surface area contributed by atoms with E-state index in [9.17, 15) is 39.5 Å². The maximum atomic E-state index is 14.2. The van der Waals surface area contributed by atoms with E-state index in [1.807, 2.05) is 0 Å². The van der Waals surface area contributed by atoms with Crippen LogP contribution in [0.25, 0.3) is 0 Å². The predicted octanol–water partition coefficient (Wildman–Crippen LogP) is 11.3. The van der Waals surface area contributed by atoms with Gasteiger partial charge in [0, 0.05) is 0 Å². The molecule has 0 saturated heterocycles. The van der Waals surface area contributed by atoms with Crippen molar-refractivity contribution in [2.45, 2.75) is 37.8 Å². The van der Waals surface area contributed by atoms with Crippen LogP contribution in [0.1, 0.15) is 50.1 Å². The van der Waals surface area contributed by atoms with Crippen molar-refractivity contribution in [1.82, 2.24) is 0 Å². The Morgan fingerprint density at radius 1 is 0.327 bits per heavy atom. The van der Waals surface area contributed by atoms with Gasteiger partial charge in [0.2, 0.25) is 0 Å². The van der Waals surface area contributed by atoms with Gasteiger partial charge in [0.1, 0.15) is 0 Å².